The molecule has 1 heterocycles. The van der Waals surface area contributed by atoms with E-state index in [2.05, 4.69) is 10.1 Å². The Morgan fingerprint density at radius 3 is 2.25 bits per heavy atom. The van der Waals surface area contributed by atoms with E-state index in [0.29, 0.717) is 31.3 Å². The number of esters is 1. The maximum absolute atomic E-state index is 12.3. The highest BCUT2D eigenvalue weighted by Gasteiger charge is 2.44. The molecule has 0 bridgehead atoms. The maximum atomic E-state index is 12.3. The Morgan fingerprint density at radius 1 is 1.20 bits per heavy atom. The van der Waals surface area contributed by atoms with Crippen LogP contribution >= 0.6 is 0 Å². The molecule has 0 fully saturated rings. The van der Waals surface area contributed by atoms with Crippen LogP contribution in [0.15, 0.2) is 4.52 Å². The van der Waals surface area contributed by atoms with Crippen molar-refractivity contribution in [3.8, 4) is 0 Å². The molecule has 0 radical (unpaired) electrons. The third kappa shape index (κ3) is 2.94. The number of ether oxygens (including phenoxy) is 1. The Morgan fingerprint density at radius 2 is 1.80 bits per heavy atom. The van der Waals surface area contributed by atoms with Crippen LogP contribution in [0.25, 0.3) is 0 Å². The molecule has 0 aliphatic rings. The second-order valence-electron chi connectivity index (χ2n) is 4.58. The highest BCUT2D eigenvalue weighted by atomic mass is 16.5. The number of anilines is 1. The van der Waals surface area contributed by atoms with E-state index in [1.54, 1.807) is 6.92 Å². The summed E-state index contributed by atoms with van der Waals surface area (Å²) in [6.45, 7) is 11.6. The molecule has 0 aliphatic heterocycles. The molecule has 6 heteroatoms. The second kappa shape index (κ2) is 7.26. The molecule has 1 rings (SSSR count). The third-order valence-corrected chi connectivity index (χ3v) is 3.74. The fourth-order valence-corrected chi connectivity index (χ4v) is 2.24. The summed E-state index contributed by atoms with van der Waals surface area (Å²) in [6.07, 6.45) is 1.14. The molecule has 0 spiro atoms. The first-order valence-corrected chi connectivity index (χ1v) is 7.35. The van der Waals surface area contributed by atoms with Crippen LogP contribution in [-0.4, -0.2) is 35.8 Å². The number of rotatable bonds is 8. The lowest BCUT2D eigenvalue weighted by molar-refractivity contribution is -0.151. The fraction of sp³-hybridized carbons (Fsp3) is 0.786. The predicted molar refractivity (Wildman–Crippen MR) is 76.8 cm³/mol. The minimum Gasteiger partial charge on any atom is -0.465 e. The van der Waals surface area contributed by atoms with Gasteiger partial charge in [0.25, 0.3) is 5.95 Å². The Bertz CT molecular complexity index is 423. The van der Waals surface area contributed by atoms with E-state index in [1.165, 1.54) is 0 Å². The molecule has 114 valence electrons. The molecule has 0 saturated heterocycles. The van der Waals surface area contributed by atoms with Crippen molar-refractivity contribution in [2.24, 2.45) is 0 Å². The van der Waals surface area contributed by atoms with Gasteiger partial charge < -0.3 is 14.2 Å². The van der Waals surface area contributed by atoms with Crippen LogP contribution in [0.1, 0.15) is 53.4 Å². The van der Waals surface area contributed by atoms with Crippen LogP contribution in [0.2, 0.25) is 0 Å². The minimum atomic E-state index is -0.839. The predicted octanol–water partition coefficient (Wildman–Crippen LogP) is 2.54. The Hall–Kier alpha value is -1.59. The first-order chi connectivity index (χ1) is 9.59. The van der Waals surface area contributed by atoms with Crippen molar-refractivity contribution >= 4 is 11.9 Å². The van der Waals surface area contributed by atoms with Gasteiger partial charge >= 0.3 is 5.97 Å². The Labute approximate surface area is 120 Å². The summed E-state index contributed by atoms with van der Waals surface area (Å²) in [6, 6.07) is 0. The van der Waals surface area contributed by atoms with E-state index >= 15 is 0 Å². The van der Waals surface area contributed by atoms with Crippen molar-refractivity contribution in [1.29, 1.82) is 0 Å². The lowest BCUT2D eigenvalue weighted by Crippen LogP contribution is -2.37. The quantitative estimate of drug-likeness (QED) is 0.683. The highest BCUT2D eigenvalue weighted by molar-refractivity contribution is 5.81. The standard InChI is InChI=1S/C14H25N3O3/c1-6-14(7-2,12(18)19-10-5)11-15-13(16-20-11)17(8-3)9-4/h6-10H2,1-5H3. The van der Waals surface area contributed by atoms with Gasteiger partial charge in [-0.05, 0) is 38.8 Å². The second-order valence-corrected chi connectivity index (χ2v) is 4.58. The van der Waals surface area contributed by atoms with Crippen molar-refractivity contribution in [2.45, 2.75) is 52.9 Å². The summed E-state index contributed by atoms with van der Waals surface area (Å²) in [4.78, 5) is 18.7. The zero-order chi connectivity index (χ0) is 15.2. The van der Waals surface area contributed by atoms with Gasteiger partial charge in [0.15, 0.2) is 0 Å². The fourth-order valence-electron chi connectivity index (χ4n) is 2.24. The lowest BCUT2D eigenvalue weighted by atomic mass is 9.82. The highest BCUT2D eigenvalue weighted by Crippen LogP contribution is 2.33. The van der Waals surface area contributed by atoms with Crippen LogP contribution in [0.3, 0.4) is 0 Å². The van der Waals surface area contributed by atoms with Crippen molar-refractivity contribution in [3.05, 3.63) is 5.89 Å². The molecule has 0 aliphatic carbocycles. The summed E-state index contributed by atoms with van der Waals surface area (Å²) < 4.78 is 10.5. The molecule has 0 aromatic carbocycles. The topological polar surface area (TPSA) is 68.5 Å². The molecule has 0 atom stereocenters. The van der Waals surface area contributed by atoms with Gasteiger partial charge in [-0.2, -0.15) is 4.98 Å². The lowest BCUT2D eigenvalue weighted by Gasteiger charge is -2.24. The van der Waals surface area contributed by atoms with Gasteiger partial charge in [-0.15, -0.1) is 0 Å². The van der Waals surface area contributed by atoms with Gasteiger partial charge in [-0.25, -0.2) is 0 Å². The monoisotopic (exact) mass is 283 g/mol. The van der Waals surface area contributed by atoms with Crippen molar-refractivity contribution in [2.75, 3.05) is 24.6 Å². The molecule has 1 aromatic rings. The van der Waals surface area contributed by atoms with E-state index in [4.69, 9.17) is 9.26 Å². The number of hydrogen-bond acceptors (Lipinski definition) is 6. The van der Waals surface area contributed by atoms with Crippen LogP contribution < -0.4 is 4.90 Å². The maximum Gasteiger partial charge on any atom is 0.321 e. The van der Waals surface area contributed by atoms with E-state index in [-0.39, 0.29) is 5.97 Å². The summed E-state index contributed by atoms with van der Waals surface area (Å²) in [5.74, 6) is 0.586. The van der Waals surface area contributed by atoms with Gasteiger partial charge in [0.2, 0.25) is 5.89 Å². The molecule has 6 nitrogen and oxygen atoms in total. The molecule has 0 saturated carbocycles. The summed E-state index contributed by atoms with van der Waals surface area (Å²) in [5.41, 5.74) is -0.839. The summed E-state index contributed by atoms with van der Waals surface area (Å²) in [7, 11) is 0. The summed E-state index contributed by atoms with van der Waals surface area (Å²) >= 11 is 0. The summed E-state index contributed by atoms with van der Waals surface area (Å²) in [5, 5.41) is 3.99. The average molecular weight is 283 g/mol. The molecule has 1 aromatic heterocycles. The van der Waals surface area contributed by atoms with E-state index in [0.717, 1.165) is 13.1 Å². The largest absolute Gasteiger partial charge is 0.465 e. The van der Waals surface area contributed by atoms with E-state index in [1.807, 2.05) is 32.6 Å². The van der Waals surface area contributed by atoms with Crippen molar-refractivity contribution in [1.82, 2.24) is 10.1 Å². The molecular formula is C14H25N3O3. The first-order valence-electron chi connectivity index (χ1n) is 7.35. The smallest absolute Gasteiger partial charge is 0.321 e. The van der Waals surface area contributed by atoms with Crippen LogP contribution in [0, 0.1) is 0 Å². The Balaban J connectivity index is 3.13. The SMILES string of the molecule is CCOC(=O)C(CC)(CC)c1nc(N(CC)CC)no1. The van der Waals surface area contributed by atoms with Gasteiger partial charge in [-0.1, -0.05) is 13.8 Å². The van der Waals surface area contributed by atoms with E-state index < -0.39 is 5.41 Å². The zero-order valence-corrected chi connectivity index (χ0v) is 13.1. The molecule has 0 N–H and O–H groups in total. The number of hydrogen-bond donors (Lipinski definition) is 0. The molecular weight excluding hydrogens is 258 g/mol. The van der Waals surface area contributed by atoms with Gasteiger partial charge in [-0.3, -0.25) is 4.79 Å². The van der Waals surface area contributed by atoms with Crippen LogP contribution in [0.4, 0.5) is 5.95 Å². The first kappa shape index (κ1) is 16.5. The van der Waals surface area contributed by atoms with Crippen LogP contribution in [0.5, 0.6) is 0 Å². The average Bonchev–Trinajstić information content (AvgIpc) is 2.93. The molecule has 20 heavy (non-hydrogen) atoms. The molecule has 0 amide bonds. The molecule has 0 unspecified atom stereocenters. The van der Waals surface area contributed by atoms with Gasteiger partial charge in [0.05, 0.1) is 6.61 Å². The third-order valence-electron chi connectivity index (χ3n) is 3.74. The van der Waals surface area contributed by atoms with E-state index in [9.17, 15) is 4.79 Å². The normalized spacial score (nSPS) is 11.4. The number of aromatic nitrogens is 2. The Kier molecular flexibility index (Phi) is 5.98. The minimum absolute atomic E-state index is 0.292. The number of nitrogens with zero attached hydrogens (tertiary/aromatic N) is 3. The van der Waals surface area contributed by atoms with Gasteiger partial charge in [0.1, 0.15) is 5.41 Å². The van der Waals surface area contributed by atoms with Crippen LogP contribution in [-0.2, 0) is 14.9 Å². The number of carbonyl (C=O) groups excluding carboxylic acids is 1. The van der Waals surface area contributed by atoms with Crippen molar-refractivity contribution in [3.63, 3.8) is 0 Å². The number of carbonyl (C=O) groups is 1. The van der Waals surface area contributed by atoms with Crippen molar-refractivity contribution < 1.29 is 14.1 Å². The zero-order valence-electron chi connectivity index (χ0n) is 13.1. The van der Waals surface area contributed by atoms with Gasteiger partial charge in [0, 0.05) is 13.1 Å².